The first-order valence-electron chi connectivity index (χ1n) is 0.447. The summed E-state index contributed by atoms with van der Waals surface area (Å²) in [4.78, 5) is 0. The largest absolute Gasteiger partial charge is 2.00 e. The maximum Gasteiger partial charge on any atom is 1.00 e. The first-order valence-corrected chi connectivity index (χ1v) is 0.447. The van der Waals surface area contributed by atoms with E-state index in [1.54, 1.807) is 0 Å². The molecule has 2 nitrogen and oxygen atoms in total. The molecule has 0 saturated heterocycles. The van der Waals surface area contributed by atoms with Crippen LogP contribution < -0.4 is 103 Å². The van der Waals surface area contributed by atoms with Crippen LogP contribution in [0.5, 0.6) is 0 Å². The van der Waals surface area contributed by atoms with E-state index in [2.05, 4.69) is 0 Å². The van der Waals surface area contributed by atoms with Gasteiger partial charge in [-0.25, -0.2) is 0 Å². The van der Waals surface area contributed by atoms with Crippen LogP contribution in [0.15, 0.2) is 0 Å². The quantitative estimate of drug-likeness (QED) is 0.322. The maximum absolute atomic E-state index is 7.00. The first kappa shape index (κ1) is 24.1. The summed E-state index contributed by atoms with van der Waals surface area (Å²) in [6.07, 6.45) is 0. The Hall–Kier alpha value is 3.19. The van der Waals surface area contributed by atoms with Gasteiger partial charge in [0.05, 0.1) is 0 Å². The van der Waals surface area contributed by atoms with E-state index >= 15 is 0 Å². The molecule has 0 aromatic rings. The van der Waals surface area contributed by atoms with Crippen LogP contribution in [0.1, 0.15) is 0 Å². The van der Waals surface area contributed by atoms with Crippen LogP contribution in [0.4, 0.5) is 0 Å². The predicted octanol–water partition coefficient (Wildman–Crippen LogP) is -6.50. The molecule has 0 spiro atoms. The summed E-state index contributed by atoms with van der Waals surface area (Å²) >= 11 is 0. The Morgan fingerprint density at radius 1 is 1.00 bits per heavy atom. The summed E-state index contributed by atoms with van der Waals surface area (Å²) in [7, 11) is 1.00. The van der Waals surface area contributed by atoms with E-state index in [1.165, 1.54) is 0 Å². The molecule has 22 valence electrons. The molecule has 0 heterocycles. The van der Waals surface area contributed by atoms with Crippen molar-refractivity contribution in [2.24, 2.45) is 0 Å². The summed E-state index contributed by atoms with van der Waals surface area (Å²) in [5.74, 6) is 0. The summed E-state index contributed by atoms with van der Waals surface area (Å²) in [5, 5.41) is 7.00. The zero-order valence-electron chi connectivity index (χ0n) is 3.86. The molecule has 0 amide bonds. The minimum atomic E-state index is 0. The summed E-state index contributed by atoms with van der Waals surface area (Å²) in [6, 6.07) is 0. The van der Waals surface area contributed by atoms with Crippen molar-refractivity contribution in [3.05, 3.63) is 0 Å². The number of hydrogen-bond acceptors (Lipinski definition) is 1. The smallest absolute Gasteiger partial charge is 1.00 e. The Kier molecular flexibility index (Phi) is 130. The van der Waals surface area contributed by atoms with Crippen LogP contribution >= 0.6 is 0 Å². The number of aliphatic hydroxyl groups excluding tert-OH is 1. The molecule has 0 atom stereocenters. The SMILES string of the molecule is CO.[K+].[K+].[O-2]. The Balaban J connectivity index is -0.00000000167. The molecule has 0 aliphatic heterocycles. The molecule has 0 aliphatic carbocycles. The van der Waals surface area contributed by atoms with E-state index in [4.69, 9.17) is 5.11 Å². The third-order valence-corrected chi connectivity index (χ3v) is 0. The third kappa shape index (κ3) is 19.0. The van der Waals surface area contributed by atoms with E-state index in [0.29, 0.717) is 0 Å². The van der Waals surface area contributed by atoms with Crippen molar-refractivity contribution in [1.29, 1.82) is 0 Å². The van der Waals surface area contributed by atoms with Gasteiger partial charge in [-0.05, 0) is 0 Å². The fourth-order valence-electron chi connectivity index (χ4n) is 0. The van der Waals surface area contributed by atoms with Crippen LogP contribution in [0.3, 0.4) is 0 Å². The molecular weight excluding hydrogens is 122 g/mol. The average molecular weight is 126 g/mol. The van der Waals surface area contributed by atoms with Gasteiger partial charge in [-0.1, -0.05) is 0 Å². The van der Waals surface area contributed by atoms with Crippen molar-refractivity contribution >= 4 is 0 Å². The van der Waals surface area contributed by atoms with Gasteiger partial charge in [0.25, 0.3) is 0 Å². The molecule has 0 saturated carbocycles. The van der Waals surface area contributed by atoms with Crippen molar-refractivity contribution in [3.63, 3.8) is 0 Å². The molecule has 0 radical (unpaired) electrons. The second-order valence-electron chi connectivity index (χ2n) is 0. The fourth-order valence-corrected chi connectivity index (χ4v) is 0. The third-order valence-electron chi connectivity index (χ3n) is 0. The van der Waals surface area contributed by atoms with Crippen molar-refractivity contribution in [2.45, 2.75) is 0 Å². The Morgan fingerprint density at radius 2 is 1.00 bits per heavy atom. The maximum atomic E-state index is 7.00. The Bertz CT molecular complexity index is 7.61. The molecule has 0 unspecified atom stereocenters. The van der Waals surface area contributed by atoms with Gasteiger partial charge in [0.1, 0.15) is 0 Å². The van der Waals surface area contributed by atoms with E-state index in [-0.39, 0.29) is 108 Å². The van der Waals surface area contributed by atoms with E-state index in [0.717, 1.165) is 7.11 Å². The minimum Gasteiger partial charge on any atom is -2.00 e. The molecular formula is CH4K2O2. The minimum absolute atomic E-state index is 0. The zero-order valence-corrected chi connectivity index (χ0v) is 10.1. The van der Waals surface area contributed by atoms with E-state index in [9.17, 15) is 0 Å². The molecule has 0 rings (SSSR count). The van der Waals surface area contributed by atoms with Gasteiger partial charge in [-0.3, -0.25) is 0 Å². The fraction of sp³-hybridized carbons (Fsp3) is 1.00. The molecule has 1 N–H and O–H groups in total. The van der Waals surface area contributed by atoms with Gasteiger partial charge in [0.15, 0.2) is 0 Å². The molecule has 0 aromatic heterocycles. The summed E-state index contributed by atoms with van der Waals surface area (Å²) < 4.78 is 0. The van der Waals surface area contributed by atoms with Crippen LogP contribution in [-0.4, -0.2) is 12.2 Å². The van der Waals surface area contributed by atoms with Gasteiger partial charge in [0, 0.05) is 7.11 Å². The number of aliphatic hydroxyl groups is 1. The van der Waals surface area contributed by atoms with Crippen molar-refractivity contribution in [2.75, 3.05) is 7.11 Å². The molecule has 0 aromatic carbocycles. The predicted molar refractivity (Wildman–Crippen MR) is 8.83 cm³/mol. The van der Waals surface area contributed by atoms with Gasteiger partial charge in [-0.15, -0.1) is 0 Å². The van der Waals surface area contributed by atoms with Crippen LogP contribution in [-0.2, 0) is 5.48 Å². The Labute approximate surface area is 117 Å². The summed E-state index contributed by atoms with van der Waals surface area (Å²) in [5.41, 5.74) is 0. The summed E-state index contributed by atoms with van der Waals surface area (Å²) in [6.45, 7) is 0. The second kappa shape index (κ2) is 27.1. The monoisotopic (exact) mass is 126 g/mol. The van der Waals surface area contributed by atoms with Gasteiger partial charge in [0.2, 0.25) is 0 Å². The molecule has 5 heavy (non-hydrogen) atoms. The molecule has 0 bridgehead atoms. The van der Waals surface area contributed by atoms with Crippen LogP contribution in [0.2, 0.25) is 0 Å². The zero-order chi connectivity index (χ0) is 2.00. The van der Waals surface area contributed by atoms with Crippen molar-refractivity contribution in [1.82, 2.24) is 0 Å². The molecule has 0 aliphatic rings. The normalized spacial score (nSPS) is 1.20. The first-order chi connectivity index (χ1) is 1.00. The number of rotatable bonds is 0. The van der Waals surface area contributed by atoms with Crippen LogP contribution in [0, 0.1) is 0 Å². The van der Waals surface area contributed by atoms with E-state index in [1.807, 2.05) is 0 Å². The number of hydrogen-bond donors (Lipinski definition) is 1. The van der Waals surface area contributed by atoms with Gasteiger partial charge >= 0.3 is 103 Å². The van der Waals surface area contributed by atoms with Crippen molar-refractivity contribution < 1.29 is 113 Å². The average Bonchev–Trinajstić information content (AvgIpc) is 1.00. The standard InChI is InChI=1S/CH4O.2K.O/c1-2;;;/h2H,1H3;;;/q;2*+1;-2. The van der Waals surface area contributed by atoms with Gasteiger partial charge in [-0.2, -0.15) is 0 Å². The molecule has 4 heteroatoms. The van der Waals surface area contributed by atoms with Crippen LogP contribution in [0.25, 0.3) is 0 Å². The second-order valence-corrected chi connectivity index (χ2v) is 0. The topological polar surface area (TPSA) is 48.7 Å². The Morgan fingerprint density at radius 3 is 1.00 bits per heavy atom. The van der Waals surface area contributed by atoms with Crippen molar-refractivity contribution in [3.8, 4) is 0 Å². The van der Waals surface area contributed by atoms with E-state index < -0.39 is 0 Å². The molecule has 0 fully saturated rings. The van der Waals surface area contributed by atoms with Gasteiger partial charge < -0.3 is 10.6 Å².